The van der Waals surface area contributed by atoms with E-state index >= 15 is 0 Å². The molecule has 344 valence electrons. The van der Waals surface area contributed by atoms with Crippen molar-refractivity contribution >= 4 is 10.8 Å². The number of rotatable bonds is 8. The molecule has 4 heterocycles. The normalized spacial score (nSPS) is 16.8. The summed E-state index contributed by atoms with van der Waals surface area (Å²) in [5.41, 5.74) is 21.5. The Morgan fingerprint density at radius 2 is 0.836 bits per heavy atom. The van der Waals surface area contributed by atoms with E-state index in [0.717, 1.165) is 51.5 Å². The first kappa shape index (κ1) is 42.7. The van der Waals surface area contributed by atoms with Crippen LogP contribution in [-0.4, -0.2) is 19.9 Å². The molecule has 11 aromatic rings. The minimum atomic E-state index is -0.685. The smallest absolute Gasteiger partial charge is 0.0725 e. The number of aromatic nitrogens is 4. The molecule has 4 aromatic heterocycles. The highest BCUT2D eigenvalue weighted by atomic mass is 14.7. The summed E-state index contributed by atoms with van der Waals surface area (Å²) in [6, 6.07) is 78.2. The van der Waals surface area contributed by atoms with E-state index in [9.17, 15) is 0 Å². The van der Waals surface area contributed by atoms with E-state index in [-0.39, 0.29) is 0 Å². The van der Waals surface area contributed by atoms with Crippen molar-refractivity contribution in [2.75, 3.05) is 0 Å². The summed E-state index contributed by atoms with van der Waals surface area (Å²) in [7, 11) is 0. The summed E-state index contributed by atoms with van der Waals surface area (Å²) in [5.74, 6) is 0.361. The van der Waals surface area contributed by atoms with Gasteiger partial charge in [-0.2, -0.15) is 0 Å². The van der Waals surface area contributed by atoms with Crippen molar-refractivity contribution in [3.05, 3.63) is 300 Å². The molecule has 2 unspecified atom stereocenters. The molecule has 0 bridgehead atoms. The lowest BCUT2D eigenvalue weighted by molar-refractivity contribution is 0.685. The van der Waals surface area contributed by atoms with Crippen LogP contribution in [-0.2, 0) is 10.8 Å². The van der Waals surface area contributed by atoms with Gasteiger partial charge >= 0.3 is 0 Å². The van der Waals surface area contributed by atoms with E-state index in [1.54, 1.807) is 6.20 Å². The molecular formula is C69H48N4. The molecule has 73 heavy (non-hydrogen) atoms. The monoisotopic (exact) mass is 932 g/mol. The number of nitrogens with zero attached hydrogens (tertiary/aromatic N) is 4. The maximum atomic E-state index is 5.28. The Morgan fingerprint density at radius 3 is 1.30 bits per heavy atom. The molecular weight excluding hydrogens is 885 g/mol. The Kier molecular flexibility index (Phi) is 9.97. The molecule has 4 nitrogen and oxygen atoms in total. The molecule has 0 aliphatic heterocycles. The van der Waals surface area contributed by atoms with Crippen molar-refractivity contribution in [3.8, 4) is 67.3 Å². The lowest BCUT2D eigenvalue weighted by Crippen LogP contribution is -2.31. The van der Waals surface area contributed by atoms with Crippen LogP contribution < -0.4 is 0 Å². The highest BCUT2D eigenvalue weighted by Gasteiger charge is 2.51. The highest BCUT2D eigenvalue weighted by Crippen LogP contribution is 2.63. The summed E-state index contributed by atoms with van der Waals surface area (Å²) >= 11 is 0. The molecule has 3 aliphatic rings. The minimum absolute atomic E-state index is 0.361. The number of hydrogen-bond donors (Lipinski definition) is 0. The predicted octanol–water partition coefficient (Wildman–Crippen LogP) is 16.3. The highest BCUT2D eigenvalue weighted by molar-refractivity contribution is 6.07. The topological polar surface area (TPSA) is 51.6 Å². The first-order chi connectivity index (χ1) is 36.1. The quantitative estimate of drug-likeness (QED) is 0.152. The molecule has 4 heteroatoms. The fourth-order valence-corrected chi connectivity index (χ4v) is 12.7. The van der Waals surface area contributed by atoms with E-state index in [0.29, 0.717) is 5.92 Å². The SMILES string of the molecule is CC1C=C(C2(c3ccccc3)c3cc(-c4cccc(-c5cccnc5)n4)ccc3-c3ccc4c5c(ccc4c32)-c2ccc(-c3cccc(-c4cccnc4)n3)cc2C5(c2ccccc2)c2ccccc2)C=CC1. The number of benzene rings is 7. The van der Waals surface area contributed by atoms with Crippen LogP contribution >= 0.6 is 0 Å². The third kappa shape index (κ3) is 6.53. The van der Waals surface area contributed by atoms with Crippen LogP contribution in [0.1, 0.15) is 52.3 Å². The minimum Gasteiger partial charge on any atom is -0.264 e. The number of allylic oxidation sites excluding steroid dienone is 4. The van der Waals surface area contributed by atoms with Gasteiger partial charge in [0, 0.05) is 47.0 Å². The summed E-state index contributed by atoms with van der Waals surface area (Å²) < 4.78 is 0. The molecule has 0 fully saturated rings. The van der Waals surface area contributed by atoms with Crippen molar-refractivity contribution in [2.45, 2.75) is 24.2 Å². The summed E-state index contributed by atoms with van der Waals surface area (Å²) in [5, 5.41) is 2.49. The van der Waals surface area contributed by atoms with E-state index < -0.39 is 10.8 Å². The summed E-state index contributed by atoms with van der Waals surface area (Å²) in [6.45, 7) is 2.35. The van der Waals surface area contributed by atoms with Crippen molar-refractivity contribution in [1.82, 2.24) is 19.9 Å². The van der Waals surface area contributed by atoms with Crippen LogP contribution in [0.3, 0.4) is 0 Å². The van der Waals surface area contributed by atoms with Gasteiger partial charge in [-0.3, -0.25) is 9.97 Å². The lowest BCUT2D eigenvalue weighted by Gasteiger charge is -2.38. The zero-order valence-electron chi connectivity index (χ0n) is 40.3. The Balaban J connectivity index is 1.06. The van der Waals surface area contributed by atoms with Gasteiger partial charge in [0.2, 0.25) is 0 Å². The Labute approximate surface area is 425 Å². The number of hydrogen-bond acceptors (Lipinski definition) is 4. The zero-order chi connectivity index (χ0) is 48.5. The third-order valence-electron chi connectivity index (χ3n) is 15.7. The van der Waals surface area contributed by atoms with Crippen molar-refractivity contribution in [2.24, 2.45) is 5.92 Å². The van der Waals surface area contributed by atoms with E-state index in [2.05, 4.69) is 235 Å². The zero-order valence-corrected chi connectivity index (χ0v) is 40.3. The molecule has 0 amide bonds. The molecule has 7 aromatic carbocycles. The average Bonchev–Trinajstić information content (AvgIpc) is 3.95. The van der Waals surface area contributed by atoms with Crippen LogP contribution in [0.4, 0.5) is 0 Å². The molecule has 0 spiro atoms. The maximum Gasteiger partial charge on any atom is 0.0725 e. The lowest BCUT2D eigenvalue weighted by atomic mass is 9.63. The Bertz CT molecular complexity index is 3960. The van der Waals surface area contributed by atoms with Gasteiger partial charge < -0.3 is 0 Å². The average molecular weight is 933 g/mol. The summed E-state index contributed by atoms with van der Waals surface area (Å²) in [6.07, 6.45) is 15.7. The van der Waals surface area contributed by atoms with Crippen molar-refractivity contribution in [1.29, 1.82) is 0 Å². The maximum absolute atomic E-state index is 5.28. The van der Waals surface area contributed by atoms with Crippen molar-refractivity contribution < 1.29 is 0 Å². The first-order valence-electron chi connectivity index (χ1n) is 25.3. The molecule has 14 rings (SSSR count). The second-order valence-electron chi connectivity index (χ2n) is 19.7. The van der Waals surface area contributed by atoms with Gasteiger partial charge in [0.1, 0.15) is 0 Å². The van der Waals surface area contributed by atoms with Gasteiger partial charge in [-0.1, -0.05) is 177 Å². The Hall–Kier alpha value is -9.12. The van der Waals surface area contributed by atoms with Crippen LogP contribution in [0.15, 0.2) is 261 Å². The summed E-state index contributed by atoms with van der Waals surface area (Å²) in [4.78, 5) is 19.4. The van der Waals surface area contributed by atoms with Crippen LogP contribution in [0.5, 0.6) is 0 Å². The second-order valence-corrected chi connectivity index (χ2v) is 19.7. The predicted molar refractivity (Wildman–Crippen MR) is 297 cm³/mol. The van der Waals surface area contributed by atoms with Gasteiger partial charge in [0.15, 0.2) is 0 Å². The van der Waals surface area contributed by atoms with Gasteiger partial charge in [0.25, 0.3) is 0 Å². The first-order valence-corrected chi connectivity index (χ1v) is 25.3. The van der Waals surface area contributed by atoms with E-state index in [4.69, 9.17) is 9.97 Å². The van der Waals surface area contributed by atoms with Crippen LogP contribution in [0, 0.1) is 5.92 Å². The van der Waals surface area contributed by atoms with E-state index in [1.807, 2.05) is 30.7 Å². The third-order valence-corrected chi connectivity index (χ3v) is 15.7. The van der Waals surface area contributed by atoms with E-state index in [1.165, 1.54) is 77.5 Å². The molecule has 0 saturated carbocycles. The molecule has 0 saturated heterocycles. The van der Waals surface area contributed by atoms with Crippen molar-refractivity contribution in [3.63, 3.8) is 0 Å². The number of fused-ring (bicyclic) bond motifs is 9. The largest absolute Gasteiger partial charge is 0.264 e. The molecule has 2 atom stereocenters. The van der Waals surface area contributed by atoms with Gasteiger partial charge in [-0.25, -0.2) is 9.97 Å². The molecule has 0 N–H and O–H groups in total. The van der Waals surface area contributed by atoms with Crippen LogP contribution in [0.25, 0.3) is 78.1 Å². The standard InChI is InChI=1S/C69H48N4/c1-45-16-11-25-53(40-45)69(52-23-9-4-10-24-52)61-42-47(63-27-13-29-65(73-63)49-18-15-39-71-44-49)31-33-55(61)57-35-36-58-59(67(57)69)37-34-56-54-32-30-46(62-26-12-28-64(72-62)48-17-14-38-70-43-48)41-60(54)68(66(56)58,50-19-5-2-6-20-50)51-21-7-3-8-22-51/h2-15,17-45H,16H2,1H3. The molecule has 0 radical (unpaired) electrons. The molecule has 3 aliphatic carbocycles. The Morgan fingerprint density at radius 1 is 0.397 bits per heavy atom. The second kappa shape index (κ2) is 17.0. The van der Waals surface area contributed by atoms with Crippen LogP contribution in [0.2, 0.25) is 0 Å². The fourth-order valence-electron chi connectivity index (χ4n) is 12.7. The van der Waals surface area contributed by atoms with Gasteiger partial charge in [-0.15, -0.1) is 0 Å². The number of pyridine rings is 4. The van der Waals surface area contributed by atoms with Gasteiger partial charge in [0.05, 0.1) is 33.6 Å². The van der Waals surface area contributed by atoms with Gasteiger partial charge in [-0.05, 0) is 151 Å². The fraction of sp³-hybridized carbons (Fsp3) is 0.0725.